The summed E-state index contributed by atoms with van der Waals surface area (Å²) < 4.78 is 2.79. The lowest BCUT2D eigenvalue weighted by Gasteiger charge is -2.07. The van der Waals surface area contributed by atoms with E-state index >= 15 is 0 Å². The molecule has 1 aromatic carbocycles. The van der Waals surface area contributed by atoms with Gasteiger partial charge in [-0.2, -0.15) is 0 Å². The van der Waals surface area contributed by atoms with Crippen molar-refractivity contribution in [1.82, 2.24) is 19.5 Å². The van der Waals surface area contributed by atoms with E-state index in [-0.39, 0.29) is 5.69 Å². The van der Waals surface area contributed by atoms with Crippen LogP contribution in [0.4, 0.5) is 5.82 Å². The molecule has 0 unspecified atom stereocenters. The lowest BCUT2D eigenvalue weighted by atomic mass is 10.3. The van der Waals surface area contributed by atoms with Crippen LogP contribution in [-0.2, 0) is 6.54 Å². The fourth-order valence-electron chi connectivity index (χ4n) is 2.71. The summed E-state index contributed by atoms with van der Waals surface area (Å²) in [6.45, 7) is 3.23. The van der Waals surface area contributed by atoms with Gasteiger partial charge in [0.2, 0.25) is 0 Å². The molecule has 0 atom stereocenters. The van der Waals surface area contributed by atoms with Crippen LogP contribution in [0.25, 0.3) is 21.3 Å². The standard InChI is InChI=1S/C16H15N5OS/c1-10-8-23-14-13(10)18-9-19-15(14)17-6-7-21-12-5-3-2-4-11(12)20-16(21)22/h2-5,8-9H,6-7H2,1H3,(H,20,22)(H,17,18,19). The molecule has 0 aliphatic rings. The third kappa shape index (κ3) is 2.39. The summed E-state index contributed by atoms with van der Waals surface area (Å²) in [7, 11) is 0. The largest absolute Gasteiger partial charge is 0.367 e. The lowest BCUT2D eigenvalue weighted by molar-refractivity contribution is 0.720. The van der Waals surface area contributed by atoms with Crippen molar-refractivity contribution in [2.45, 2.75) is 13.5 Å². The summed E-state index contributed by atoms with van der Waals surface area (Å²) in [5.74, 6) is 0.820. The van der Waals surface area contributed by atoms with Gasteiger partial charge in [-0.15, -0.1) is 11.3 Å². The van der Waals surface area contributed by atoms with Gasteiger partial charge in [0, 0.05) is 13.1 Å². The molecule has 3 aromatic heterocycles. The van der Waals surface area contributed by atoms with E-state index in [1.807, 2.05) is 31.2 Å². The Bertz CT molecular complexity index is 1050. The molecule has 116 valence electrons. The number of nitrogens with zero attached hydrogens (tertiary/aromatic N) is 3. The Kier molecular flexibility index (Phi) is 3.34. The predicted molar refractivity (Wildman–Crippen MR) is 93.2 cm³/mol. The number of thiophene rings is 1. The van der Waals surface area contributed by atoms with Crippen LogP contribution in [0, 0.1) is 6.92 Å². The number of fused-ring (bicyclic) bond motifs is 2. The van der Waals surface area contributed by atoms with E-state index in [0.717, 1.165) is 32.6 Å². The molecule has 6 nitrogen and oxygen atoms in total. The Morgan fingerprint density at radius 1 is 1.30 bits per heavy atom. The van der Waals surface area contributed by atoms with Crippen molar-refractivity contribution in [2.75, 3.05) is 11.9 Å². The van der Waals surface area contributed by atoms with Crippen LogP contribution in [0.2, 0.25) is 0 Å². The minimum absolute atomic E-state index is 0.0900. The Morgan fingerprint density at radius 3 is 3.09 bits per heavy atom. The van der Waals surface area contributed by atoms with Crippen molar-refractivity contribution in [1.29, 1.82) is 0 Å². The summed E-state index contributed by atoms with van der Waals surface area (Å²) in [6.07, 6.45) is 1.57. The zero-order valence-corrected chi connectivity index (χ0v) is 13.4. The SMILES string of the molecule is Cc1csc2c(NCCn3c(=O)[nH]c4ccccc43)ncnc12. The highest BCUT2D eigenvalue weighted by atomic mass is 32.1. The molecule has 0 radical (unpaired) electrons. The van der Waals surface area contributed by atoms with Crippen molar-refractivity contribution < 1.29 is 0 Å². The van der Waals surface area contributed by atoms with Gasteiger partial charge in [0.25, 0.3) is 0 Å². The fraction of sp³-hybridized carbons (Fsp3) is 0.188. The summed E-state index contributed by atoms with van der Waals surface area (Å²) in [4.78, 5) is 23.5. The normalized spacial score (nSPS) is 11.3. The van der Waals surface area contributed by atoms with E-state index in [2.05, 4.69) is 25.6 Å². The number of aromatic nitrogens is 4. The molecule has 4 aromatic rings. The molecule has 0 spiro atoms. The zero-order chi connectivity index (χ0) is 15.8. The van der Waals surface area contributed by atoms with E-state index in [1.165, 1.54) is 0 Å². The first-order chi connectivity index (χ1) is 11.2. The van der Waals surface area contributed by atoms with Gasteiger partial charge in [-0.05, 0) is 30.0 Å². The van der Waals surface area contributed by atoms with Crippen LogP contribution >= 0.6 is 11.3 Å². The van der Waals surface area contributed by atoms with E-state index in [4.69, 9.17) is 0 Å². The summed E-state index contributed by atoms with van der Waals surface area (Å²) >= 11 is 1.63. The van der Waals surface area contributed by atoms with Crippen LogP contribution in [-0.4, -0.2) is 26.1 Å². The number of nitrogens with one attached hydrogen (secondary N) is 2. The van der Waals surface area contributed by atoms with Crippen LogP contribution in [0.1, 0.15) is 5.56 Å². The quantitative estimate of drug-likeness (QED) is 0.605. The van der Waals surface area contributed by atoms with Crippen LogP contribution in [0.3, 0.4) is 0 Å². The zero-order valence-electron chi connectivity index (χ0n) is 12.5. The van der Waals surface area contributed by atoms with Gasteiger partial charge in [-0.1, -0.05) is 12.1 Å². The second-order valence-electron chi connectivity index (χ2n) is 5.34. The van der Waals surface area contributed by atoms with Gasteiger partial charge in [-0.25, -0.2) is 14.8 Å². The minimum Gasteiger partial charge on any atom is -0.367 e. The molecular formula is C16H15N5OS. The first kappa shape index (κ1) is 14.0. The number of aryl methyl sites for hydroxylation is 1. The molecule has 7 heteroatoms. The maximum absolute atomic E-state index is 12.1. The molecule has 0 saturated heterocycles. The molecule has 4 rings (SSSR count). The highest BCUT2D eigenvalue weighted by Gasteiger charge is 2.09. The second-order valence-corrected chi connectivity index (χ2v) is 6.22. The van der Waals surface area contributed by atoms with Crippen molar-refractivity contribution >= 4 is 38.4 Å². The average Bonchev–Trinajstić information content (AvgIpc) is 3.09. The van der Waals surface area contributed by atoms with Gasteiger partial charge >= 0.3 is 5.69 Å². The van der Waals surface area contributed by atoms with Crippen molar-refractivity contribution in [3.63, 3.8) is 0 Å². The van der Waals surface area contributed by atoms with E-state index in [0.29, 0.717) is 13.1 Å². The number of hydrogen-bond acceptors (Lipinski definition) is 5. The monoisotopic (exact) mass is 325 g/mol. The van der Waals surface area contributed by atoms with E-state index < -0.39 is 0 Å². The molecule has 0 saturated carbocycles. The minimum atomic E-state index is -0.0900. The first-order valence-electron chi connectivity index (χ1n) is 7.34. The Morgan fingerprint density at radius 2 is 2.17 bits per heavy atom. The van der Waals surface area contributed by atoms with Crippen molar-refractivity contribution in [3.8, 4) is 0 Å². The molecule has 0 aliphatic carbocycles. The van der Waals surface area contributed by atoms with E-state index in [1.54, 1.807) is 22.2 Å². The number of aromatic amines is 1. The van der Waals surface area contributed by atoms with Crippen LogP contribution in [0.15, 0.2) is 40.8 Å². The molecule has 23 heavy (non-hydrogen) atoms. The van der Waals surface area contributed by atoms with Gasteiger partial charge in [-0.3, -0.25) is 4.57 Å². The molecule has 0 fully saturated rings. The number of H-pyrrole nitrogens is 1. The Labute approximate surface area is 135 Å². The summed E-state index contributed by atoms with van der Waals surface area (Å²) in [6, 6.07) is 7.70. The van der Waals surface area contributed by atoms with Gasteiger partial charge in [0.05, 0.1) is 21.3 Å². The number of imidazole rings is 1. The van der Waals surface area contributed by atoms with Crippen LogP contribution < -0.4 is 11.0 Å². The number of para-hydroxylation sites is 2. The number of rotatable bonds is 4. The third-order valence-electron chi connectivity index (χ3n) is 3.84. The number of benzene rings is 1. The van der Waals surface area contributed by atoms with Gasteiger partial charge < -0.3 is 10.3 Å². The van der Waals surface area contributed by atoms with Gasteiger partial charge in [0.1, 0.15) is 12.1 Å². The third-order valence-corrected chi connectivity index (χ3v) is 4.93. The molecular weight excluding hydrogens is 310 g/mol. The highest BCUT2D eigenvalue weighted by molar-refractivity contribution is 7.18. The molecule has 2 N–H and O–H groups in total. The number of anilines is 1. The summed E-state index contributed by atoms with van der Waals surface area (Å²) in [5, 5.41) is 5.39. The maximum Gasteiger partial charge on any atom is 0.326 e. The number of hydrogen-bond donors (Lipinski definition) is 2. The molecule has 0 amide bonds. The Hall–Kier alpha value is -2.67. The predicted octanol–water partition coefficient (Wildman–Crippen LogP) is 2.75. The summed E-state index contributed by atoms with van der Waals surface area (Å²) in [5.41, 5.74) is 3.82. The second kappa shape index (κ2) is 5.51. The topological polar surface area (TPSA) is 75.6 Å². The van der Waals surface area contributed by atoms with Crippen LogP contribution in [0.5, 0.6) is 0 Å². The molecule has 3 heterocycles. The van der Waals surface area contributed by atoms with Crippen molar-refractivity contribution in [3.05, 3.63) is 52.0 Å². The molecule has 0 aliphatic heterocycles. The Balaban J connectivity index is 1.57. The maximum atomic E-state index is 12.1. The average molecular weight is 325 g/mol. The smallest absolute Gasteiger partial charge is 0.326 e. The first-order valence-corrected chi connectivity index (χ1v) is 8.22. The fourth-order valence-corrected chi connectivity index (χ4v) is 3.68. The highest BCUT2D eigenvalue weighted by Crippen LogP contribution is 2.28. The van der Waals surface area contributed by atoms with Gasteiger partial charge in [0.15, 0.2) is 0 Å². The van der Waals surface area contributed by atoms with Crippen molar-refractivity contribution in [2.24, 2.45) is 0 Å². The lowest BCUT2D eigenvalue weighted by Crippen LogP contribution is -2.21. The molecule has 0 bridgehead atoms. The van der Waals surface area contributed by atoms with E-state index in [9.17, 15) is 4.79 Å².